The van der Waals surface area contributed by atoms with Crippen LogP contribution in [0.25, 0.3) is 0 Å². The summed E-state index contributed by atoms with van der Waals surface area (Å²) in [6.45, 7) is -0.364. The molecule has 1 aliphatic rings. The van der Waals surface area contributed by atoms with E-state index in [4.69, 9.17) is 5.11 Å². The van der Waals surface area contributed by atoms with Gasteiger partial charge in [-0.05, 0) is 18.4 Å². The van der Waals surface area contributed by atoms with Gasteiger partial charge in [-0.2, -0.15) is 0 Å². The van der Waals surface area contributed by atoms with Crippen molar-refractivity contribution in [3.63, 3.8) is 0 Å². The van der Waals surface area contributed by atoms with Crippen LogP contribution in [0.15, 0.2) is 30.3 Å². The van der Waals surface area contributed by atoms with Crippen LogP contribution in [0.1, 0.15) is 31.2 Å². The normalized spacial score (nSPS) is 16.8. The van der Waals surface area contributed by atoms with Crippen LogP contribution in [-0.2, 0) is 10.3 Å². The van der Waals surface area contributed by atoms with E-state index in [0.29, 0.717) is 0 Å². The number of hydrogen-bond acceptors (Lipinski definition) is 2. The summed E-state index contributed by atoms with van der Waals surface area (Å²) in [6, 6.07) is 9.42. The van der Waals surface area contributed by atoms with Gasteiger partial charge in [-0.15, -0.1) is 0 Å². The molecule has 0 heterocycles. The van der Waals surface area contributed by atoms with Gasteiger partial charge in [0.2, 0.25) is 0 Å². The number of hydrogen-bond donors (Lipinski definition) is 3. The lowest BCUT2D eigenvalue weighted by Crippen LogP contribution is -2.49. The van der Waals surface area contributed by atoms with Gasteiger partial charge in [0.05, 0.1) is 5.54 Å². The summed E-state index contributed by atoms with van der Waals surface area (Å²) in [7, 11) is 0. The maximum atomic E-state index is 11.8. The van der Waals surface area contributed by atoms with Crippen LogP contribution in [0.3, 0.4) is 0 Å². The molecule has 1 aromatic carbocycles. The summed E-state index contributed by atoms with van der Waals surface area (Å²) >= 11 is 0. The van der Waals surface area contributed by atoms with Gasteiger partial charge in [0, 0.05) is 0 Å². The molecule has 5 heteroatoms. The first kappa shape index (κ1) is 13.4. The maximum absolute atomic E-state index is 11.8. The highest BCUT2D eigenvalue weighted by molar-refractivity contribution is 5.80. The largest absolute Gasteiger partial charge is 0.480 e. The summed E-state index contributed by atoms with van der Waals surface area (Å²) in [6.07, 6.45) is 3.90. The Morgan fingerprint density at radius 3 is 2.37 bits per heavy atom. The Kier molecular flexibility index (Phi) is 4.04. The lowest BCUT2D eigenvalue weighted by atomic mass is 9.88. The predicted molar refractivity (Wildman–Crippen MR) is 70.8 cm³/mol. The van der Waals surface area contributed by atoms with E-state index >= 15 is 0 Å². The highest BCUT2D eigenvalue weighted by atomic mass is 16.4. The lowest BCUT2D eigenvalue weighted by molar-refractivity contribution is -0.135. The summed E-state index contributed by atoms with van der Waals surface area (Å²) < 4.78 is 0. The van der Waals surface area contributed by atoms with E-state index in [1.54, 1.807) is 0 Å². The highest BCUT2D eigenvalue weighted by Crippen LogP contribution is 2.38. The van der Waals surface area contributed by atoms with Crippen molar-refractivity contribution in [3.8, 4) is 0 Å². The van der Waals surface area contributed by atoms with Crippen molar-refractivity contribution in [2.75, 3.05) is 6.54 Å². The minimum atomic E-state index is -1.05. The number of carboxylic acids is 1. The minimum Gasteiger partial charge on any atom is -0.480 e. The molecule has 2 rings (SSSR count). The minimum absolute atomic E-state index is 0.357. The number of carbonyl (C=O) groups is 2. The molecule has 19 heavy (non-hydrogen) atoms. The number of rotatable bonds is 4. The van der Waals surface area contributed by atoms with E-state index in [1.165, 1.54) is 0 Å². The zero-order chi connectivity index (χ0) is 13.7. The van der Waals surface area contributed by atoms with Crippen molar-refractivity contribution < 1.29 is 14.7 Å². The Hall–Kier alpha value is -2.04. The molecule has 0 spiro atoms. The molecule has 0 saturated heterocycles. The first-order chi connectivity index (χ1) is 9.12. The zero-order valence-electron chi connectivity index (χ0n) is 10.7. The van der Waals surface area contributed by atoms with E-state index in [-0.39, 0.29) is 12.1 Å². The average molecular weight is 262 g/mol. The molecule has 0 atom stereocenters. The molecule has 3 N–H and O–H groups in total. The molecule has 0 radical (unpaired) electrons. The second-order valence-electron chi connectivity index (χ2n) is 4.86. The van der Waals surface area contributed by atoms with Gasteiger partial charge >= 0.3 is 12.0 Å². The molecule has 1 fully saturated rings. The van der Waals surface area contributed by atoms with Crippen molar-refractivity contribution >= 4 is 12.0 Å². The molecular weight excluding hydrogens is 244 g/mol. The fourth-order valence-corrected chi connectivity index (χ4v) is 2.64. The number of aliphatic carboxylic acids is 1. The Balaban J connectivity index is 2.08. The van der Waals surface area contributed by atoms with Gasteiger partial charge in [-0.3, -0.25) is 4.79 Å². The van der Waals surface area contributed by atoms with E-state index in [9.17, 15) is 9.59 Å². The van der Waals surface area contributed by atoms with Crippen molar-refractivity contribution in [3.05, 3.63) is 35.9 Å². The van der Waals surface area contributed by atoms with Crippen LogP contribution in [0.5, 0.6) is 0 Å². The van der Waals surface area contributed by atoms with Crippen LogP contribution in [0, 0.1) is 0 Å². The quantitative estimate of drug-likeness (QED) is 0.774. The number of carbonyl (C=O) groups excluding carboxylic acids is 1. The van der Waals surface area contributed by atoms with Gasteiger partial charge in [0.1, 0.15) is 6.54 Å². The molecule has 1 saturated carbocycles. The Bertz CT molecular complexity index is 453. The smallest absolute Gasteiger partial charge is 0.323 e. The molecule has 1 aliphatic carbocycles. The van der Waals surface area contributed by atoms with Crippen LogP contribution < -0.4 is 10.6 Å². The average Bonchev–Trinajstić information content (AvgIpc) is 2.87. The third kappa shape index (κ3) is 3.24. The fourth-order valence-electron chi connectivity index (χ4n) is 2.64. The molecular formula is C14H18N2O3. The van der Waals surface area contributed by atoms with Gasteiger partial charge < -0.3 is 15.7 Å². The number of carboxylic acid groups (broad SMARTS) is 1. The number of benzene rings is 1. The number of amides is 2. The van der Waals surface area contributed by atoms with Crippen molar-refractivity contribution in [2.45, 2.75) is 31.2 Å². The van der Waals surface area contributed by atoms with Crippen molar-refractivity contribution in [1.29, 1.82) is 0 Å². The molecule has 0 bridgehead atoms. The summed E-state index contributed by atoms with van der Waals surface area (Å²) in [5.74, 6) is -1.05. The summed E-state index contributed by atoms with van der Waals surface area (Å²) in [4.78, 5) is 22.2. The maximum Gasteiger partial charge on any atom is 0.323 e. The molecule has 5 nitrogen and oxygen atoms in total. The third-order valence-electron chi connectivity index (χ3n) is 3.54. The van der Waals surface area contributed by atoms with Gasteiger partial charge in [-0.25, -0.2) is 4.79 Å². The summed E-state index contributed by atoms with van der Waals surface area (Å²) in [5, 5.41) is 13.9. The Morgan fingerprint density at radius 1 is 1.16 bits per heavy atom. The van der Waals surface area contributed by atoms with E-state index in [1.807, 2.05) is 30.3 Å². The van der Waals surface area contributed by atoms with E-state index in [0.717, 1.165) is 31.2 Å². The van der Waals surface area contributed by atoms with Crippen LogP contribution >= 0.6 is 0 Å². The molecule has 2 amide bonds. The second-order valence-corrected chi connectivity index (χ2v) is 4.86. The van der Waals surface area contributed by atoms with Crippen LogP contribution in [-0.4, -0.2) is 23.7 Å². The standard InChI is InChI=1S/C14H18N2O3/c17-12(18)10-15-13(19)16-14(8-4-5-9-14)11-6-2-1-3-7-11/h1-3,6-7H,4-5,8-10H2,(H,17,18)(H2,15,16,19). The molecule has 102 valence electrons. The molecule has 1 aromatic rings. The van der Waals surface area contributed by atoms with Gasteiger partial charge in [0.15, 0.2) is 0 Å². The predicted octanol–water partition coefficient (Wildman–Crippen LogP) is 1.84. The van der Waals surface area contributed by atoms with Crippen molar-refractivity contribution in [2.24, 2.45) is 0 Å². The van der Waals surface area contributed by atoms with Crippen LogP contribution in [0.4, 0.5) is 4.79 Å². The molecule has 0 aliphatic heterocycles. The van der Waals surface area contributed by atoms with Crippen molar-refractivity contribution in [1.82, 2.24) is 10.6 Å². The lowest BCUT2D eigenvalue weighted by Gasteiger charge is -2.31. The monoisotopic (exact) mass is 262 g/mol. The van der Waals surface area contributed by atoms with E-state index in [2.05, 4.69) is 10.6 Å². The highest BCUT2D eigenvalue weighted by Gasteiger charge is 2.36. The van der Waals surface area contributed by atoms with Gasteiger partial charge in [-0.1, -0.05) is 43.2 Å². The molecule has 0 aromatic heterocycles. The number of urea groups is 1. The van der Waals surface area contributed by atoms with E-state index < -0.39 is 12.0 Å². The summed E-state index contributed by atoms with van der Waals surface area (Å²) in [5.41, 5.74) is 0.724. The number of nitrogens with one attached hydrogen (secondary N) is 2. The Morgan fingerprint density at radius 2 is 1.79 bits per heavy atom. The first-order valence-electron chi connectivity index (χ1n) is 6.46. The first-order valence-corrected chi connectivity index (χ1v) is 6.46. The van der Waals surface area contributed by atoms with Crippen LogP contribution in [0.2, 0.25) is 0 Å². The Labute approximate surface area is 112 Å². The topological polar surface area (TPSA) is 78.4 Å². The molecule has 0 unspecified atom stereocenters. The second kappa shape index (κ2) is 5.73. The third-order valence-corrected chi connectivity index (χ3v) is 3.54. The van der Waals surface area contributed by atoms with Gasteiger partial charge in [0.25, 0.3) is 0 Å². The zero-order valence-corrected chi connectivity index (χ0v) is 10.7. The SMILES string of the molecule is O=C(O)CNC(=O)NC1(c2ccccc2)CCCC1. The fraction of sp³-hybridized carbons (Fsp3) is 0.429.